The molecule has 1 fully saturated rings. The third-order valence-electron chi connectivity index (χ3n) is 4.55. The third-order valence-corrected chi connectivity index (χ3v) is 4.55. The van der Waals surface area contributed by atoms with Crippen LogP contribution in [0.2, 0.25) is 0 Å². The molecule has 3 aromatic rings. The molecule has 0 saturated carbocycles. The molecule has 0 spiro atoms. The summed E-state index contributed by atoms with van der Waals surface area (Å²) in [6.07, 6.45) is 9.63. The van der Waals surface area contributed by atoms with Crippen molar-refractivity contribution < 1.29 is 0 Å². The van der Waals surface area contributed by atoms with Gasteiger partial charge >= 0.3 is 0 Å². The van der Waals surface area contributed by atoms with E-state index < -0.39 is 0 Å². The van der Waals surface area contributed by atoms with Crippen LogP contribution in [0.15, 0.2) is 49.1 Å². The second-order valence-electron chi connectivity index (χ2n) is 6.51. The third kappa shape index (κ3) is 4.06. The van der Waals surface area contributed by atoms with Crippen LogP contribution in [0.3, 0.4) is 0 Å². The number of hydrogen-bond donors (Lipinski definition) is 0. The van der Waals surface area contributed by atoms with E-state index in [2.05, 4.69) is 42.4 Å². The molecule has 0 N–H and O–H groups in total. The number of likely N-dealkylation sites (tertiary alicyclic amines) is 1. The topological polar surface area (TPSA) is 72.6 Å². The number of pyridine rings is 2. The molecule has 1 saturated heterocycles. The van der Waals surface area contributed by atoms with Gasteiger partial charge in [-0.1, -0.05) is 0 Å². The summed E-state index contributed by atoms with van der Waals surface area (Å²) >= 11 is 0. The average Bonchev–Trinajstić information content (AvgIpc) is 3.12. The van der Waals surface area contributed by atoms with E-state index in [-0.39, 0.29) is 0 Å². The van der Waals surface area contributed by atoms with Gasteiger partial charge in [0.05, 0.1) is 6.54 Å². The van der Waals surface area contributed by atoms with Crippen LogP contribution in [0, 0.1) is 5.92 Å². The largest absolute Gasteiger partial charge is 0.299 e. The van der Waals surface area contributed by atoms with Crippen molar-refractivity contribution in [3.63, 3.8) is 0 Å². The van der Waals surface area contributed by atoms with E-state index in [1.165, 1.54) is 18.4 Å². The smallest absolute Gasteiger partial charge is 0.206 e. The number of rotatable bonds is 5. The van der Waals surface area contributed by atoms with E-state index in [9.17, 15) is 0 Å². The molecule has 7 heteroatoms. The highest BCUT2D eigenvalue weighted by Gasteiger charge is 2.21. The van der Waals surface area contributed by atoms with Crippen molar-refractivity contribution in [1.82, 2.24) is 35.1 Å². The van der Waals surface area contributed by atoms with Gasteiger partial charge in [0.15, 0.2) is 0 Å². The molecule has 1 atom stereocenters. The molecule has 4 heterocycles. The summed E-state index contributed by atoms with van der Waals surface area (Å²) in [6, 6.07) is 8.01. The first-order valence-electron chi connectivity index (χ1n) is 8.66. The van der Waals surface area contributed by atoms with Gasteiger partial charge < -0.3 is 0 Å². The molecule has 0 aliphatic carbocycles. The van der Waals surface area contributed by atoms with Crippen molar-refractivity contribution in [3.05, 3.63) is 54.6 Å². The maximum absolute atomic E-state index is 4.51. The highest BCUT2D eigenvalue weighted by molar-refractivity contribution is 5.51. The van der Waals surface area contributed by atoms with E-state index in [0.717, 1.165) is 31.7 Å². The molecule has 3 aromatic heterocycles. The fourth-order valence-corrected chi connectivity index (χ4v) is 3.35. The lowest BCUT2D eigenvalue weighted by Gasteiger charge is -2.32. The zero-order chi connectivity index (χ0) is 16.9. The molecule has 25 heavy (non-hydrogen) atoms. The van der Waals surface area contributed by atoms with Gasteiger partial charge in [-0.3, -0.25) is 14.9 Å². The van der Waals surface area contributed by atoms with Crippen molar-refractivity contribution in [1.29, 1.82) is 0 Å². The zero-order valence-corrected chi connectivity index (χ0v) is 14.1. The van der Waals surface area contributed by atoms with E-state index in [1.807, 2.05) is 24.5 Å². The molecular formula is C18H21N7. The summed E-state index contributed by atoms with van der Waals surface area (Å²) in [7, 11) is 0. The van der Waals surface area contributed by atoms with Crippen molar-refractivity contribution in [2.45, 2.75) is 25.9 Å². The summed E-state index contributed by atoms with van der Waals surface area (Å²) < 4.78 is 0. The Hall–Kier alpha value is -2.67. The second kappa shape index (κ2) is 7.48. The van der Waals surface area contributed by atoms with Crippen LogP contribution in [-0.2, 0) is 13.1 Å². The fraction of sp³-hybridized carbons (Fsp3) is 0.389. The van der Waals surface area contributed by atoms with Crippen molar-refractivity contribution in [3.8, 4) is 11.4 Å². The minimum Gasteiger partial charge on any atom is -0.299 e. The Morgan fingerprint density at radius 1 is 1.08 bits per heavy atom. The van der Waals surface area contributed by atoms with E-state index in [4.69, 9.17) is 0 Å². The van der Waals surface area contributed by atoms with Crippen molar-refractivity contribution in [2.75, 3.05) is 13.1 Å². The van der Waals surface area contributed by atoms with Gasteiger partial charge in [0.1, 0.15) is 0 Å². The molecule has 1 aliphatic heterocycles. The lowest BCUT2D eigenvalue weighted by Crippen LogP contribution is -2.36. The predicted molar refractivity (Wildman–Crippen MR) is 93.3 cm³/mol. The van der Waals surface area contributed by atoms with Crippen molar-refractivity contribution in [2.24, 2.45) is 5.92 Å². The van der Waals surface area contributed by atoms with Gasteiger partial charge in [-0.05, 0) is 60.3 Å². The quantitative estimate of drug-likeness (QED) is 0.710. The Kier molecular flexibility index (Phi) is 4.74. The SMILES string of the molecule is c1cncc(-c2nnn(C[C@H]3CCCN(Cc4ccncc4)C3)n2)c1. The summed E-state index contributed by atoms with van der Waals surface area (Å²) in [5.74, 6) is 1.18. The molecule has 4 rings (SSSR count). The van der Waals surface area contributed by atoms with E-state index in [1.54, 1.807) is 17.2 Å². The highest BCUT2D eigenvalue weighted by atomic mass is 15.6. The van der Waals surface area contributed by atoms with Crippen LogP contribution in [0.25, 0.3) is 11.4 Å². The maximum Gasteiger partial charge on any atom is 0.206 e. The average molecular weight is 335 g/mol. The molecule has 0 radical (unpaired) electrons. The predicted octanol–water partition coefficient (Wildman–Crippen LogP) is 2.04. The molecule has 0 bridgehead atoms. The minimum absolute atomic E-state index is 0.548. The standard InChI is InChI=1S/C18H21N7/c1-4-17(11-20-7-1)18-21-23-25(22-18)14-16-3-2-10-24(13-16)12-15-5-8-19-9-6-15/h1,4-9,11,16H,2-3,10,12-14H2/t16-/m0/s1. The Morgan fingerprint density at radius 3 is 2.84 bits per heavy atom. The Morgan fingerprint density at radius 2 is 2.00 bits per heavy atom. The fourth-order valence-electron chi connectivity index (χ4n) is 3.35. The summed E-state index contributed by atoms with van der Waals surface area (Å²) in [5.41, 5.74) is 2.21. The van der Waals surface area contributed by atoms with Gasteiger partial charge in [-0.25, -0.2) is 0 Å². The van der Waals surface area contributed by atoms with Crippen LogP contribution < -0.4 is 0 Å². The number of tetrazole rings is 1. The van der Waals surface area contributed by atoms with Crippen molar-refractivity contribution >= 4 is 0 Å². The van der Waals surface area contributed by atoms with Crippen LogP contribution >= 0.6 is 0 Å². The summed E-state index contributed by atoms with van der Waals surface area (Å²) in [5, 5.41) is 12.9. The van der Waals surface area contributed by atoms with E-state index in [0.29, 0.717) is 11.7 Å². The number of nitrogens with zero attached hydrogens (tertiary/aromatic N) is 7. The number of hydrogen-bond acceptors (Lipinski definition) is 6. The van der Waals surface area contributed by atoms with Gasteiger partial charge in [-0.2, -0.15) is 4.80 Å². The molecule has 1 aliphatic rings. The van der Waals surface area contributed by atoms with Crippen LogP contribution in [0.5, 0.6) is 0 Å². The molecule has 128 valence electrons. The Balaban J connectivity index is 1.37. The Labute approximate surface area is 146 Å². The summed E-state index contributed by atoms with van der Waals surface area (Å²) in [6.45, 7) is 3.99. The summed E-state index contributed by atoms with van der Waals surface area (Å²) in [4.78, 5) is 12.4. The molecule has 0 unspecified atom stereocenters. The first-order valence-corrected chi connectivity index (χ1v) is 8.66. The molecule has 7 nitrogen and oxygen atoms in total. The van der Waals surface area contributed by atoms with Gasteiger partial charge in [0.2, 0.25) is 5.82 Å². The second-order valence-corrected chi connectivity index (χ2v) is 6.51. The lowest BCUT2D eigenvalue weighted by molar-refractivity contribution is 0.149. The van der Waals surface area contributed by atoms with E-state index >= 15 is 0 Å². The normalized spacial score (nSPS) is 18.3. The van der Waals surface area contributed by atoms with Crippen LogP contribution in [0.1, 0.15) is 18.4 Å². The molecular weight excluding hydrogens is 314 g/mol. The maximum atomic E-state index is 4.51. The van der Waals surface area contributed by atoms with Gasteiger partial charge in [0, 0.05) is 43.4 Å². The zero-order valence-electron chi connectivity index (χ0n) is 14.1. The molecule has 0 amide bonds. The lowest BCUT2D eigenvalue weighted by atomic mass is 9.98. The number of aromatic nitrogens is 6. The van der Waals surface area contributed by atoms with Gasteiger partial charge in [-0.15, -0.1) is 10.2 Å². The Bertz CT molecular complexity index is 787. The van der Waals surface area contributed by atoms with Crippen LogP contribution in [0.4, 0.5) is 0 Å². The van der Waals surface area contributed by atoms with Crippen LogP contribution in [-0.4, -0.2) is 48.2 Å². The number of piperidine rings is 1. The highest BCUT2D eigenvalue weighted by Crippen LogP contribution is 2.20. The first kappa shape index (κ1) is 15.8. The monoisotopic (exact) mass is 335 g/mol. The van der Waals surface area contributed by atoms with Gasteiger partial charge in [0.25, 0.3) is 0 Å². The molecule has 0 aromatic carbocycles. The first-order chi connectivity index (χ1) is 12.4. The minimum atomic E-state index is 0.548.